The number of nitrogens with zero attached hydrogens (tertiary/aromatic N) is 6. The van der Waals surface area contributed by atoms with Gasteiger partial charge in [0, 0.05) is 38.3 Å². The molecular formula is C24H28N6O3. The minimum atomic E-state index is -0.0548. The van der Waals surface area contributed by atoms with Gasteiger partial charge in [0.25, 0.3) is 11.8 Å². The van der Waals surface area contributed by atoms with Crippen molar-refractivity contribution in [3.8, 4) is 11.3 Å². The zero-order valence-electron chi connectivity index (χ0n) is 18.8. The van der Waals surface area contributed by atoms with E-state index < -0.39 is 0 Å². The molecule has 0 bridgehead atoms. The first-order valence-electron chi connectivity index (χ1n) is 11.6. The first-order chi connectivity index (χ1) is 16.1. The van der Waals surface area contributed by atoms with E-state index >= 15 is 0 Å². The molecule has 0 N–H and O–H groups in total. The lowest BCUT2D eigenvalue weighted by Gasteiger charge is -2.32. The molecule has 5 rings (SSSR count). The zero-order valence-corrected chi connectivity index (χ0v) is 18.8. The second kappa shape index (κ2) is 9.17. The van der Waals surface area contributed by atoms with E-state index in [1.54, 1.807) is 17.8 Å². The maximum Gasteiger partial charge on any atom is 0.276 e. The number of likely N-dealkylation sites (tertiary alicyclic amines) is 2. The molecule has 0 saturated carbocycles. The lowest BCUT2D eigenvalue weighted by molar-refractivity contribution is 0.0658. The monoisotopic (exact) mass is 448 g/mol. The molecule has 0 radical (unpaired) electrons. The van der Waals surface area contributed by atoms with Gasteiger partial charge in [0.15, 0.2) is 5.69 Å². The Balaban J connectivity index is 1.27. The molecule has 1 unspecified atom stereocenters. The third kappa shape index (κ3) is 4.40. The van der Waals surface area contributed by atoms with Crippen molar-refractivity contribution in [2.24, 2.45) is 5.92 Å². The molecule has 2 aromatic heterocycles. The van der Waals surface area contributed by atoms with E-state index in [4.69, 9.17) is 4.52 Å². The number of aryl methyl sites for hydroxylation is 1. The van der Waals surface area contributed by atoms with Crippen molar-refractivity contribution in [2.75, 3.05) is 26.2 Å². The fourth-order valence-electron chi connectivity index (χ4n) is 4.81. The van der Waals surface area contributed by atoms with Crippen LogP contribution in [-0.2, 0) is 6.54 Å². The van der Waals surface area contributed by atoms with Crippen LogP contribution < -0.4 is 0 Å². The number of amides is 2. The molecule has 172 valence electrons. The lowest BCUT2D eigenvalue weighted by Crippen LogP contribution is -2.41. The largest absolute Gasteiger partial charge is 0.360 e. The standard InChI is InChI=1S/C24H28N6O3/c1-17-21(22(26-33-17)19-9-3-2-4-10-19)24(32)29-13-7-8-18(14-29)15-30-16-20(25-27-30)23(31)28-11-5-6-12-28/h2-4,9-10,16,18H,5-8,11-15H2,1H3. The Bertz CT molecular complexity index is 1130. The first kappa shape index (κ1) is 21.4. The topological polar surface area (TPSA) is 97.4 Å². The Morgan fingerprint density at radius 2 is 1.79 bits per heavy atom. The molecule has 33 heavy (non-hydrogen) atoms. The average molecular weight is 449 g/mol. The molecule has 2 aliphatic rings. The minimum Gasteiger partial charge on any atom is -0.360 e. The van der Waals surface area contributed by atoms with Gasteiger partial charge < -0.3 is 14.3 Å². The number of carbonyl (C=O) groups is 2. The summed E-state index contributed by atoms with van der Waals surface area (Å²) in [5.41, 5.74) is 2.37. The van der Waals surface area contributed by atoms with E-state index in [9.17, 15) is 9.59 Å². The normalized spacial score (nSPS) is 18.6. The summed E-state index contributed by atoms with van der Waals surface area (Å²) < 4.78 is 7.13. The summed E-state index contributed by atoms with van der Waals surface area (Å²) in [6.07, 6.45) is 5.73. The highest BCUT2D eigenvalue weighted by Crippen LogP contribution is 2.28. The molecule has 9 heteroatoms. The number of piperidine rings is 1. The quantitative estimate of drug-likeness (QED) is 0.595. The number of carbonyl (C=O) groups excluding carboxylic acids is 2. The van der Waals surface area contributed by atoms with Crippen LogP contribution in [0.5, 0.6) is 0 Å². The summed E-state index contributed by atoms with van der Waals surface area (Å²) in [4.78, 5) is 29.7. The van der Waals surface area contributed by atoms with Crippen molar-refractivity contribution in [1.82, 2.24) is 30.0 Å². The molecule has 2 saturated heterocycles. The van der Waals surface area contributed by atoms with Crippen LogP contribution in [0, 0.1) is 12.8 Å². The predicted molar refractivity (Wildman–Crippen MR) is 120 cm³/mol. The molecule has 3 aromatic rings. The molecule has 1 aromatic carbocycles. The number of benzene rings is 1. The van der Waals surface area contributed by atoms with E-state index in [1.165, 1.54) is 0 Å². The Kier molecular flexibility index (Phi) is 5.93. The molecular weight excluding hydrogens is 420 g/mol. The maximum atomic E-state index is 13.5. The second-order valence-electron chi connectivity index (χ2n) is 8.91. The predicted octanol–water partition coefficient (Wildman–Crippen LogP) is 3.03. The van der Waals surface area contributed by atoms with Gasteiger partial charge in [0.2, 0.25) is 0 Å². The van der Waals surface area contributed by atoms with Crippen LogP contribution in [0.25, 0.3) is 11.3 Å². The summed E-state index contributed by atoms with van der Waals surface area (Å²) in [7, 11) is 0. The van der Waals surface area contributed by atoms with Crippen LogP contribution >= 0.6 is 0 Å². The van der Waals surface area contributed by atoms with Gasteiger partial charge in [0.05, 0.1) is 6.20 Å². The number of hydrogen-bond donors (Lipinski definition) is 0. The third-order valence-corrected chi connectivity index (χ3v) is 6.53. The molecule has 2 aliphatic heterocycles. The smallest absolute Gasteiger partial charge is 0.276 e. The van der Waals surface area contributed by atoms with Crippen molar-refractivity contribution in [3.63, 3.8) is 0 Å². The van der Waals surface area contributed by atoms with Gasteiger partial charge in [-0.3, -0.25) is 14.3 Å². The second-order valence-corrected chi connectivity index (χ2v) is 8.91. The van der Waals surface area contributed by atoms with Crippen molar-refractivity contribution in [2.45, 2.75) is 39.2 Å². The zero-order chi connectivity index (χ0) is 22.8. The van der Waals surface area contributed by atoms with Crippen LogP contribution in [0.15, 0.2) is 41.1 Å². The number of aromatic nitrogens is 4. The maximum absolute atomic E-state index is 13.5. The fourth-order valence-corrected chi connectivity index (χ4v) is 4.81. The van der Waals surface area contributed by atoms with E-state index in [-0.39, 0.29) is 17.7 Å². The minimum absolute atomic E-state index is 0.0458. The molecule has 0 aliphatic carbocycles. The van der Waals surface area contributed by atoms with E-state index in [0.717, 1.165) is 44.3 Å². The van der Waals surface area contributed by atoms with Crippen molar-refractivity contribution < 1.29 is 14.1 Å². The van der Waals surface area contributed by atoms with Crippen LogP contribution in [0.2, 0.25) is 0 Å². The fraction of sp³-hybridized carbons (Fsp3) is 0.458. The summed E-state index contributed by atoms with van der Waals surface area (Å²) >= 11 is 0. The molecule has 2 fully saturated rings. The summed E-state index contributed by atoms with van der Waals surface area (Å²) in [6.45, 7) is 5.30. The Morgan fingerprint density at radius 3 is 2.58 bits per heavy atom. The van der Waals surface area contributed by atoms with E-state index in [2.05, 4.69) is 15.5 Å². The molecule has 0 spiro atoms. The SMILES string of the molecule is Cc1onc(-c2ccccc2)c1C(=O)N1CCCC(Cn2cc(C(=O)N3CCCC3)nn2)C1. The van der Waals surface area contributed by atoms with Crippen LogP contribution in [0.4, 0.5) is 0 Å². The van der Waals surface area contributed by atoms with Crippen LogP contribution in [0.1, 0.15) is 52.3 Å². The van der Waals surface area contributed by atoms with Gasteiger partial charge >= 0.3 is 0 Å². The van der Waals surface area contributed by atoms with Gasteiger partial charge in [-0.2, -0.15) is 0 Å². The van der Waals surface area contributed by atoms with Gasteiger partial charge in [-0.1, -0.05) is 40.7 Å². The van der Waals surface area contributed by atoms with Crippen LogP contribution in [0.3, 0.4) is 0 Å². The molecule has 1 atom stereocenters. The highest BCUT2D eigenvalue weighted by atomic mass is 16.5. The highest BCUT2D eigenvalue weighted by Gasteiger charge is 2.30. The Morgan fingerprint density at radius 1 is 1.03 bits per heavy atom. The van der Waals surface area contributed by atoms with Gasteiger partial charge in [-0.25, -0.2) is 0 Å². The van der Waals surface area contributed by atoms with E-state index in [0.29, 0.717) is 42.3 Å². The third-order valence-electron chi connectivity index (χ3n) is 6.53. The van der Waals surface area contributed by atoms with E-state index in [1.807, 2.05) is 40.1 Å². The Labute approximate surface area is 192 Å². The number of rotatable bonds is 5. The first-order valence-corrected chi connectivity index (χ1v) is 11.6. The summed E-state index contributed by atoms with van der Waals surface area (Å²) in [6, 6.07) is 9.63. The van der Waals surface area contributed by atoms with Gasteiger partial charge in [-0.15, -0.1) is 5.10 Å². The summed E-state index contributed by atoms with van der Waals surface area (Å²) in [5.74, 6) is 0.665. The summed E-state index contributed by atoms with van der Waals surface area (Å²) in [5, 5.41) is 12.4. The van der Waals surface area contributed by atoms with Crippen LogP contribution in [-0.4, -0.2) is 67.9 Å². The van der Waals surface area contributed by atoms with Gasteiger partial charge in [0.1, 0.15) is 17.0 Å². The average Bonchev–Trinajstić information content (AvgIpc) is 3.60. The molecule has 2 amide bonds. The lowest BCUT2D eigenvalue weighted by atomic mass is 9.96. The van der Waals surface area contributed by atoms with Crippen molar-refractivity contribution in [3.05, 3.63) is 53.5 Å². The Hall–Kier alpha value is -3.49. The molecule has 4 heterocycles. The number of hydrogen-bond acceptors (Lipinski definition) is 6. The highest BCUT2D eigenvalue weighted by molar-refractivity contribution is 6.00. The molecule has 9 nitrogen and oxygen atoms in total. The van der Waals surface area contributed by atoms with Crippen molar-refractivity contribution >= 4 is 11.8 Å². The van der Waals surface area contributed by atoms with Gasteiger partial charge in [-0.05, 0) is 38.5 Å². The van der Waals surface area contributed by atoms with Crippen molar-refractivity contribution in [1.29, 1.82) is 0 Å².